The SMILES string of the molecule is Cc1ccccc1C(CN)N1CCCC1CN(C)C. The summed E-state index contributed by atoms with van der Waals surface area (Å²) in [6.07, 6.45) is 2.58. The standard InChI is InChI=1S/C16H27N3/c1-13-7-4-5-9-15(13)16(11-17)19-10-6-8-14(19)12-18(2)3/h4-5,7,9,14,16H,6,8,10-12,17H2,1-3H3. The summed E-state index contributed by atoms with van der Waals surface area (Å²) in [5.41, 5.74) is 8.85. The number of rotatable bonds is 5. The molecule has 0 saturated carbocycles. The van der Waals surface area contributed by atoms with Crippen molar-refractivity contribution in [3.05, 3.63) is 35.4 Å². The minimum absolute atomic E-state index is 0.369. The lowest BCUT2D eigenvalue weighted by Gasteiger charge is -2.34. The molecular weight excluding hydrogens is 234 g/mol. The van der Waals surface area contributed by atoms with Crippen molar-refractivity contribution < 1.29 is 0 Å². The molecule has 0 spiro atoms. The van der Waals surface area contributed by atoms with Crippen LogP contribution in [0.2, 0.25) is 0 Å². The van der Waals surface area contributed by atoms with Gasteiger partial charge in [0.1, 0.15) is 0 Å². The molecule has 3 nitrogen and oxygen atoms in total. The number of likely N-dealkylation sites (N-methyl/N-ethyl adjacent to an activating group) is 1. The number of nitrogens with two attached hydrogens (primary N) is 1. The average molecular weight is 261 g/mol. The smallest absolute Gasteiger partial charge is 0.0476 e. The monoisotopic (exact) mass is 261 g/mol. The third-order valence-electron chi connectivity index (χ3n) is 4.17. The number of likely N-dealkylation sites (tertiary alicyclic amines) is 1. The molecule has 1 saturated heterocycles. The summed E-state index contributed by atoms with van der Waals surface area (Å²) in [5.74, 6) is 0. The van der Waals surface area contributed by atoms with Gasteiger partial charge in [0.05, 0.1) is 0 Å². The van der Waals surface area contributed by atoms with E-state index in [1.54, 1.807) is 0 Å². The molecule has 3 heteroatoms. The Kier molecular flexibility index (Phi) is 4.97. The van der Waals surface area contributed by atoms with Gasteiger partial charge in [-0.15, -0.1) is 0 Å². The topological polar surface area (TPSA) is 32.5 Å². The van der Waals surface area contributed by atoms with Crippen LogP contribution in [0.5, 0.6) is 0 Å². The van der Waals surface area contributed by atoms with Gasteiger partial charge in [-0.2, -0.15) is 0 Å². The van der Waals surface area contributed by atoms with E-state index in [0.29, 0.717) is 18.6 Å². The lowest BCUT2D eigenvalue weighted by atomic mass is 9.99. The van der Waals surface area contributed by atoms with E-state index in [1.807, 2.05) is 0 Å². The number of hydrogen-bond donors (Lipinski definition) is 1. The van der Waals surface area contributed by atoms with Crippen LogP contribution in [0.1, 0.15) is 30.0 Å². The number of aryl methyl sites for hydroxylation is 1. The molecule has 1 aromatic carbocycles. The molecule has 19 heavy (non-hydrogen) atoms. The molecule has 2 unspecified atom stereocenters. The Hall–Kier alpha value is -0.900. The van der Waals surface area contributed by atoms with Crippen LogP contribution in [0.25, 0.3) is 0 Å². The van der Waals surface area contributed by atoms with Crippen molar-refractivity contribution in [1.29, 1.82) is 0 Å². The van der Waals surface area contributed by atoms with Crippen LogP contribution in [0.4, 0.5) is 0 Å². The fourth-order valence-corrected chi connectivity index (χ4v) is 3.29. The van der Waals surface area contributed by atoms with E-state index >= 15 is 0 Å². The summed E-state index contributed by atoms with van der Waals surface area (Å²) in [6.45, 7) is 5.20. The van der Waals surface area contributed by atoms with Gasteiger partial charge in [-0.3, -0.25) is 4.90 Å². The zero-order valence-electron chi connectivity index (χ0n) is 12.5. The maximum absolute atomic E-state index is 6.09. The van der Waals surface area contributed by atoms with Gasteiger partial charge in [0.25, 0.3) is 0 Å². The van der Waals surface area contributed by atoms with Crippen molar-refractivity contribution in [2.45, 2.75) is 31.8 Å². The maximum Gasteiger partial charge on any atom is 0.0476 e. The highest BCUT2D eigenvalue weighted by Crippen LogP contribution is 2.30. The molecule has 1 fully saturated rings. The second-order valence-electron chi connectivity index (χ2n) is 5.90. The van der Waals surface area contributed by atoms with Crippen LogP contribution in [-0.2, 0) is 0 Å². The summed E-state index contributed by atoms with van der Waals surface area (Å²) in [5, 5.41) is 0. The van der Waals surface area contributed by atoms with Gasteiger partial charge in [0, 0.05) is 25.2 Å². The molecule has 1 aliphatic heterocycles. The predicted octanol–water partition coefficient (Wildman–Crippen LogP) is 2.02. The molecule has 0 aromatic heterocycles. The second-order valence-corrected chi connectivity index (χ2v) is 5.90. The van der Waals surface area contributed by atoms with Crippen LogP contribution in [-0.4, -0.2) is 49.6 Å². The van der Waals surface area contributed by atoms with E-state index < -0.39 is 0 Å². The van der Waals surface area contributed by atoms with Crippen LogP contribution in [0, 0.1) is 6.92 Å². The van der Waals surface area contributed by atoms with Crippen molar-refractivity contribution in [3.8, 4) is 0 Å². The minimum Gasteiger partial charge on any atom is -0.329 e. The average Bonchev–Trinajstić information content (AvgIpc) is 2.80. The van der Waals surface area contributed by atoms with Gasteiger partial charge in [-0.05, 0) is 51.5 Å². The van der Waals surface area contributed by atoms with Gasteiger partial charge in [0.2, 0.25) is 0 Å². The zero-order valence-corrected chi connectivity index (χ0v) is 12.5. The molecule has 1 aromatic rings. The Morgan fingerprint density at radius 3 is 2.74 bits per heavy atom. The van der Waals surface area contributed by atoms with Gasteiger partial charge in [-0.25, -0.2) is 0 Å². The van der Waals surface area contributed by atoms with Crippen LogP contribution in [0.3, 0.4) is 0 Å². The highest BCUT2D eigenvalue weighted by Gasteiger charge is 2.31. The number of nitrogens with zero attached hydrogens (tertiary/aromatic N) is 2. The summed E-state index contributed by atoms with van der Waals surface area (Å²) in [4.78, 5) is 4.90. The Bertz CT molecular complexity index is 403. The van der Waals surface area contributed by atoms with E-state index in [9.17, 15) is 0 Å². The summed E-state index contributed by atoms with van der Waals surface area (Å²) >= 11 is 0. The largest absolute Gasteiger partial charge is 0.329 e. The Labute approximate surface area is 117 Å². The quantitative estimate of drug-likeness (QED) is 0.880. The third-order valence-corrected chi connectivity index (χ3v) is 4.17. The highest BCUT2D eigenvalue weighted by molar-refractivity contribution is 5.29. The van der Waals surface area contributed by atoms with Crippen molar-refractivity contribution >= 4 is 0 Å². The van der Waals surface area contributed by atoms with Crippen molar-refractivity contribution in [1.82, 2.24) is 9.80 Å². The van der Waals surface area contributed by atoms with Gasteiger partial charge >= 0.3 is 0 Å². The molecule has 0 aliphatic carbocycles. The normalized spacial score (nSPS) is 22.1. The molecule has 106 valence electrons. The lowest BCUT2D eigenvalue weighted by molar-refractivity contribution is 0.155. The number of hydrogen-bond acceptors (Lipinski definition) is 3. The molecule has 2 atom stereocenters. The molecule has 0 bridgehead atoms. The van der Waals surface area contributed by atoms with Crippen molar-refractivity contribution in [3.63, 3.8) is 0 Å². The van der Waals surface area contributed by atoms with Crippen molar-refractivity contribution in [2.24, 2.45) is 5.73 Å². The summed E-state index contributed by atoms with van der Waals surface area (Å²) in [6, 6.07) is 9.67. The van der Waals surface area contributed by atoms with Gasteiger partial charge in [0.15, 0.2) is 0 Å². The Morgan fingerprint density at radius 1 is 1.37 bits per heavy atom. The van der Waals surface area contributed by atoms with Crippen LogP contribution >= 0.6 is 0 Å². The van der Waals surface area contributed by atoms with Crippen LogP contribution < -0.4 is 5.73 Å². The lowest BCUT2D eigenvalue weighted by Crippen LogP contribution is -2.42. The van der Waals surface area contributed by atoms with E-state index in [4.69, 9.17) is 5.73 Å². The molecule has 0 radical (unpaired) electrons. The second kappa shape index (κ2) is 6.51. The first-order valence-electron chi connectivity index (χ1n) is 7.29. The van der Waals surface area contributed by atoms with Crippen LogP contribution in [0.15, 0.2) is 24.3 Å². The van der Waals surface area contributed by atoms with Gasteiger partial charge in [-0.1, -0.05) is 24.3 Å². The fraction of sp³-hybridized carbons (Fsp3) is 0.625. The minimum atomic E-state index is 0.369. The first-order chi connectivity index (χ1) is 9.13. The molecular formula is C16H27N3. The molecule has 0 amide bonds. The van der Waals surface area contributed by atoms with Gasteiger partial charge < -0.3 is 10.6 Å². The Balaban J connectivity index is 2.19. The molecule has 1 aliphatic rings. The summed E-state index contributed by atoms with van der Waals surface area (Å²) < 4.78 is 0. The van der Waals surface area contributed by atoms with E-state index in [-0.39, 0.29) is 0 Å². The van der Waals surface area contributed by atoms with E-state index in [0.717, 1.165) is 6.54 Å². The molecule has 1 heterocycles. The first kappa shape index (κ1) is 14.5. The fourth-order valence-electron chi connectivity index (χ4n) is 3.29. The first-order valence-corrected chi connectivity index (χ1v) is 7.29. The Morgan fingerprint density at radius 2 is 2.11 bits per heavy atom. The zero-order chi connectivity index (χ0) is 13.8. The molecule has 2 N–H and O–H groups in total. The maximum atomic E-state index is 6.09. The van der Waals surface area contributed by atoms with E-state index in [2.05, 4.69) is 55.1 Å². The molecule has 2 rings (SSSR count). The third kappa shape index (κ3) is 3.35. The van der Waals surface area contributed by atoms with Crippen molar-refractivity contribution in [2.75, 3.05) is 33.7 Å². The number of benzene rings is 1. The van der Waals surface area contributed by atoms with E-state index in [1.165, 1.54) is 30.5 Å². The predicted molar refractivity (Wildman–Crippen MR) is 81.3 cm³/mol. The summed E-state index contributed by atoms with van der Waals surface area (Å²) in [7, 11) is 4.31. The highest BCUT2D eigenvalue weighted by atomic mass is 15.2.